The maximum atomic E-state index is 12.3. The number of unbranched alkanes of at least 4 members (excludes halogenated alkanes) is 47. The van der Waals surface area contributed by atoms with Crippen LogP contribution in [-0.2, 0) is 19.1 Å². The Bertz CT molecular complexity index is 1050. The fourth-order valence-electron chi connectivity index (χ4n) is 9.77. The Morgan fingerprint density at radius 2 is 0.580 bits per heavy atom. The highest BCUT2D eigenvalue weighted by Gasteiger charge is 2.16. The van der Waals surface area contributed by atoms with Crippen LogP contribution in [0.1, 0.15) is 354 Å². The minimum atomic E-state index is -0.767. The lowest BCUT2D eigenvalue weighted by Gasteiger charge is -2.15. The van der Waals surface area contributed by atoms with Crippen molar-refractivity contribution in [2.24, 2.45) is 0 Å². The summed E-state index contributed by atoms with van der Waals surface area (Å²) in [6.07, 6.45) is 77.6. The Morgan fingerprint density at radius 1 is 0.333 bits per heavy atom. The standard InChI is InChI=1S/C64H122O5/c1-3-5-7-9-11-13-15-17-19-21-23-25-27-28-29-30-31-32-33-34-35-36-37-39-41-43-45-47-49-51-53-55-57-59-64(67)69-62(60-65)61-68-63(66)58-56-54-52-50-48-46-44-42-40-38-26-24-22-20-18-16-14-12-10-8-6-4-2/h15,17,21,23,62,65H,3-14,16,18-20,22,24-61H2,1-2H3/b17-15-,23-21-. The molecule has 5 heteroatoms. The van der Waals surface area contributed by atoms with Crippen molar-refractivity contribution in [1.82, 2.24) is 0 Å². The molecule has 0 radical (unpaired) electrons. The summed E-state index contributed by atoms with van der Waals surface area (Å²) in [7, 11) is 0. The summed E-state index contributed by atoms with van der Waals surface area (Å²) in [4.78, 5) is 24.6. The molecule has 0 heterocycles. The molecule has 1 unspecified atom stereocenters. The van der Waals surface area contributed by atoms with E-state index in [0.717, 1.165) is 38.5 Å². The fraction of sp³-hybridized carbons (Fsp3) is 0.906. The van der Waals surface area contributed by atoms with Crippen LogP contribution in [0.3, 0.4) is 0 Å². The molecular weight excluding hydrogens is 849 g/mol. The summed E-state index contributed by atoms with van der Waals surface area (Å²) in [6.45, 7) is 4.19. The highest BCUT2D eigenvalue weighted by molar-refractivity contribution is 5.70. The lowest BCUT2D eigenvalue weighted by Crippen LogP contribution is -2.28. The first-order chi connectivity index (χ1) is 34.1. The van der Waals surface area contributed by atoms with Crippen LogP contribution in [0.5, 0.6) is 0 Å². The van der Waals surface area contributed by atoms with Gasteiger partial charge in [0.15, 0.2) is 6.10 Å². The zero-order valence-corrected chi connectivity index (χ0v) is 46.9. The van der Waals surface area contributed by atoms with Crippen LogP contribution in [-0.4, -0.2) is 36.4 Å². The molecular formula is C64H122O5. The van der Waals surface area contributed by atoms with Gasteiger partial charge in [-0.3, -0.25) is 9.59 Å². The monoisotopic (exact) mass is 971 g/mol. The summed E-state index contributed by atoms with van der Waals surface area (Å²) < 4.78 is 10.7. The van der Waals surface area contributed by atoms with Crippen molar-refractivity contribution in [2.75, 3.05) is 13.2 Å². The molecule has 0 aromatic rings. The Hall–Kier alpha value is -1.62. The van der Waals surface area contributed by atoms with Gasteiger partial charge in [0.1, 0.15) is 6.61 Å². The van der Waals surface area contributed by atoms with E-state index in [1.54, 1.807) is 0 Å². The van der Waals surface area contributed by atoms with Crippen LogP contribution >= 0.6 is 0 Å². The van der Waals surface area contributed by atoms with Gasteiger partial charge in [-0.25, -0.2) is 0 Å². The van der Waals surface area contributed by atoms with E-state index in [-0.39, 0.29) is 25.2 Å². The van der Waals surface area contributed by atoms with Crippen LogP contribution in [0.2, 0.25) is 0 Å². The number of carbonyl (C=O) groups excluding carboxylic acids is 2. The minimum Gasteiger partial charge on any atom is -0.462 e. The highest BCUT2D eigenvalue weighted by Crippen LogP contribution is 2.18. The van der Waals surface area contributed by atoms with Gasteiger partial charge < -0.3 is 14.6 Å². The van der Waals surface area contributed by atoms with Crippen LogP contribution in [0.15, 0.2) is 24.3 Å². The van der Waals surface area contributed by atoms with Crippen molar-refractivity contribution in [3.05, 3.63) is 24.3 Å². The average molecular weight is 972 g/mol. The predicted octanol–water partition coefficient (Wildman–Crippen LogP) is 21.3. The van der Waals surface area contributed by atoms with Crippen molar-refractivity contribution >= 4 is 11.9 Å². The summed E-state index contributed by atoms with van der Waals surface area (Å²) in [5.74, 6) is -0.565. The third kappa shape index (κ3) is 58.8. The maximum Gasteiger partial charge on any atom is 0.306 e. The van der Waals surface area contributed by atoms with Crippen molar-refractivity contribution in [3.8, 4) is 0 Å². The van der Waals surface area contributed by atoms with Gasteiger partial charge in [-0.15, -0.1) is 0 Å². The zero-order chi connectivity index (χ0) is 49.9. The van der Waals surface area contributed by atoms with Crippen molar-refractivity contribution in [3.63, 3.8) is 0 Å². The summed E-state index contributed by atoms with van der Waals surface area (Å²) in [5, 5.41) is 9.67. The molecule has 0 aromatic carbocycles. The summed E-state index contributed by atoms with van der Waals surface area (Å²) in [6, 6.07) is 0. The molecule has 0 aliphatic heterocycles. The van der Waals surface area contributed by atoms with E-state index in [4.69, 9.17) is 9.47 Å². The summed E-state index contributed by atoms with van der Waals surface area (Å²) >= 11 is 0. The van der Waals surface area contributed by atoms with Crippen molar-refractivity contribution in [2.45, 2.75) is 360 Å². The Morgan fingerprint density at radius 3 is 0.855 bits per heavy atom. The Labute approximate surface area is 432 Å². The molecule has 1 atom stereocenters. The molecule has 0 aromatic heterocycles. The number of allylic oxidation sites excluding steroid dienone is 4. The number of aliphatic hydroxyl groups is 1. The lowest BCUT2D eigenvalue weighted by atomic mass is 10.0. The van der Waals surface area contributed by atoms with Gasteiger partial charge in [-0.05, 0) is 44.9 Å². The van der Waals surface area contributed by atoms with Gasteiger partial charge in [0, 0.05) is 12.8 Å². The molecule has 0 spiro atoms. The number of ether oxygens (including phenoxy) is 2. The second-order valence-corrected chi connectivity index (χ2v) is 21.5. The van der Waals surface area contributed by atoms with E-state index in [9.17, 15) is 14.7 Å². The van der Waals surface area contributed by atoms with Crippen LogP contribution in [0.4, 0.5) is 0 Å². The minimum absolute atomic E-state index is 0.0577. The number of rotatable bonds is 59. The van der Waals surface area contributed by atoms with E-state index in [1.807, 2.05) is 0 Å². The molecule has 0 rings (SSSR count). The van der Waals surface area contributed by atoms with E-state index in [0.29, 0.717) is 12.8 Å². The van der Waals surface area contributed by atoms with Crippen LogP contribution in [0.25, 0.3) is 0 Å². The quantitative estimate of drug-likeness (QED) is 0.0373. The van der Waals surface area contributed by atoms with Gasteiger partial charge in [0.05, 0.1) is 6.61 Å². The average Bonchev–Trinajstić information content (AvgIpc) is 3.35. The third-order valence-electron chi connectivity index (χ3n) is 14.5. The van der Waals surface area contributed by atoms with Gasteiger partial charge in [-0.2, -0.15) is 0 Å². The van der Waals surface area contributed by atoms with Gasteiger partial charge in [0.25, 0.3) is 0 Å². The Kier molecular flexibility index (Phi) is 59.3. The second kappa shape index (κ2) is 60.7. The largest absolute Gasteiger partial charge is 0.462 e. The Balaban J connectivity index is 3.39. The molecule has 0 bridgehead atoms. The first-order valence-corrected chi connectivity index (χ1v) is 31.4. The number of esters is 2. The molecule has 5 nitrogen and oxygen atoms in total. The SMILES string of the molecule is CCCCCCC/C=C\C/C=C\CCCCCCCCCCCCCCCCCCCCCCCC(=O)OC(CO)COC(=O)CCCCCCCCCCCCCCCCCCCCCCCC. The summed E-state index contributed by atoms with van der Waals surface area (Å²) in [5.41, 5.74) is 0. The number of hydrogen-bond acceptors (Lipinski definition) is 5. The molecule has 0 aliphatic carbocycles. The topological polar surface area (TPSA) is 72.8 Å². The normalized spacial score (nSPS) is 12.2. The first-order valence-electron chi connectivity index (χ1n) is 31.4. The molecule has 0 saturated heterocycles. The molecule has 69 heavy (non-hydrogen) atoms. The molecule has 0 fully saturated rings. The number of aliphatic hydroxyl groups excluding tert-OH is 1. The number of carbonyl (C=O) groups is 2. The second-order valence-electron chi connectivity index (χ2n) is 21.5. The third-order valence-corrected chi connectivity index (χ3v) is 14.5. The molecule has 0 amide bonds. The number of hydrogen-bond donors (Lipinski definition) is 1. The lowest BCUT2D eigenvalue weighted by molar-refractivity contribution is -0.161. The molecule has 0 saturated carbocycles. The predicted molar refractivity (Wildman–Crippen MR) is 302 cm³/mol. The van der Waals surface area contributed by atoms with Crippen molar-refractivity contribution < 1.29 is 24.2 Å². The van der Waals surface area contributed by atoms with E-state index >= 15 is 0 Å². The molecule has 1 N–H and O–H groups in total. The van der Waals surface area contributed by atoms with Crippen molar-refractivity contribution in [1.29, 1.82) is 0 Å². The fourth-order valence-corrected chi connectivity index (χ4v) is 9.77. The first kappa shape index (κ1) is 67.4. The van der Waals surface area contributed by atoms with E-state index in [1.165, 1.54) is 289 Å². The van der Waals surface area contributed by atoms with E-state index < -0.39 is 6.10 Å². The maximum absolute atomic E-state index is 12.3. The zero-order valence-electron chi connectivity index (χ0n) is 46.9. The van der Waals surface area contributed by atoms with Gasteiger partial charge in [0.2, 0.25) is 0 Å². The smallest absolute Gasteiger partial charge is 0.306 e. The molecule has 408 valence electrons. The van der Waals surface area contributed by atoms with Gasteiger partial charge >= 0.3 is 11.9 Å². The van der Waals surface area contributed by atoms with E-state index in [2.05, 4.69) is 38.2 Å². The van der Waals surface area contributed by atoms with Gasteiger partial charge in [-0.1, -0.05) is 321 Å². The highest BCUT2D eigenvalue weighted by atomic mass is 16.6. The van der Waals surface area contributed by atoms with Crippen LogP contribution in [0, 0.1) is 0 Å². The van der Waals surface area contributed by atoms with Crippen LogP contribution < -0.4 is 0 Å². The molecule has 0 aliphatic rings.